The smallest absolute Gasteiger partial charge is 0.236 e. The Bertz CT molecular complexity index is 852. The first-order valence-electron chi connectivity index (χ1n) is 7.00. The van der Waals surface area contributed by atoms with Crippen LogP contribution in [-0.2, 0) is 4.79 Å². The third kappa shape index (κ3) is 4.60. The van der Waals surface area contributed by atoms with Crippen LogP contribution in [0.5, 0.6) is 0 Å². The first-order chi connectivity index (χ1) is 11.6. The third-order valence-electron chi connectivity index (χ3n) is 3.08. The summed E-state index contributed by atoms with van der Waals surface area (Å²) < 4.78 is 1.02. The van der Waals surface area contributed by atoms with Crippen molar-refractivity contribution in [1.29, 1.82) is 0 Å². The van der Waals surface area contributed by atoms with E-state index in [1.165, 1.54) is 23.1 Å². The summed E-state index contributed by atoms with van der Waals surface area (Å²) in [5.41, 5.74) is 1.63. The van der Waals surface area contributed by atoms with Crippen molar-refractivity contribution in [2.24, 2.45) is 0 Å². The molecule has 0 atom stereocenters. The van der Waals surface area contributed by atoms with Gasteiger partial charge >= 0.3 is 0 Å². The van der Waals surface area contributed by atoms with Gasteiger partial charge in [0.25, 0.3) is 0 Å². The molecule has 1 N–H and O–H groups in total. The topological polar surface area (TPSA) is 42.0 Å². The van der Waals surface area contributed by atoms with E-state index in [9.17, 15) is 4.79 Å². The maximum Gasteiger partial charge on any atom is 0.236 e. The fraction of sp³-hybridized carbons (Fsp3) is 0.0588. The number of rotatable bonds is 5. The number of carbonyl (C=O) groups excluding carboxylic acids is 1. The van der Waals surface area contributed by atoms with Crippen LogP contribution in [0.3, 0.4) is 0 Å². The number of aromatic nitrogens is 1. The Morgan fingerprint density at radius 1 is 1.21 bits per heavy atom. The lowest BCUT2D eigenvalue weighted by Gasteiger charge is -2.03. The summed E-state index contributed by atoms with van der Waals surface area (Å²) in [6.45, 7) is 0. The molecule has 0 saturated heterocycles. The van der Waals surface area contributed by atoms with Crippen molar-refractivity contribution in [3.8, 4) is 11.3 Å². The second-order valence-corrected chi connectivity index (χ2v) is 8.04. The van der Waals surface area contributed by atoms with E-state index in [-0.39, 0.29) is 5.91 Å². The van der Waals surface area contributed by atoms with Gasteiger partial charge in [0.05, 0.1) is 11.4 Å². The molecule has 0 saturated carbocycles. The summed E-state index contributed by atoms with van der Waals surface area (Å²) in [6.07, 6.45) is 0. The lowest BCUT2D eigenvalue weighted by atomic mass is 10.2. The number of nitrogens with zero attached hydrogens (tertiary/aromatic N) is 1. The number of hydrogen-bond donors (Lipinski definition) is 1. The van der Waals surface area contributed by atoms with Crippen molar-refractivity contribution >= 4 is 61.7 Å². The van der Waals surface area contributed by atoms with Gasteiger partial charge in [0.15, 0.2) is 5.13 Å². The minimum absolute atomic E-state index is 0.0806. The van der Waals surface area contributed by atoms with Crippen molar-refractivity contribution in [3.05, 3.63) is 63.4 Å². The number of hydrogen-bond acceptors (Lipinski definition) is 4. The van der Waals surface area contributed by atoms with Crippen LogP contribution in [0.25, 0.3) is 11.3 Å². The predicted molar refractivity (Wildman–Crippen MR) is 106 cm³/mol. The van der Waals surface area contributed by atoms with Gasteiger partial charge in [-0.25, -0.2) is 4.98 Å². The zero-order chi connectivity index (χ0) is 16.9. The molecule has 0 fully saturated rings. The monoisotopic (exact) mass is 438 g/mol. The van der Waals surface area contributed by atoms with Gasteiger partial charge in [-0.05, 0) is 30.3 Å². The lowest BCUT2D eigenvalue weighted by molar-refractivity contribution is -0.113. The van der Waals surface area contributed by atoms with Gasteiger partial charge in [-0.3, -0.25) is 4.79 Å². The van der Waals surface area contributed by atoms with Gasteiger partial charge < -0.3 is 5.32 Å². The molecule has 0 aliphatic heterocycles. The van der Waals surface area contributed by atoms with Crippen LogP contribution in [0.15, 0.2) is 63.3 Å². The molecule has 7 heteroatoms. The van der Waals surface area contributed by atoms with Gasteiger partial charge in [0.2, 0.25) is 5.91 Å². The Morgan fingerprint density at radius 2 is 1.96 bits per heavy atom. The molecule has 3 nitrogen and oxygen atoms in total. The minimum Gasteiger partial charge on any atom is -0.301 e. The lowest BCUT2D eigenvalue weighted by Crippen LogP contribution is -2.13. The number of halogens is 2. The Hall–Kier alpha value is -1.34. The molecule has 0 bridgehead atoms. The Labute approximate surface area is 161 Å². The SMILES string of the molecule is O=C(CSc1ccc(Br)cc1)Nc1nc(-c2ccccc2Cl)cs1. The number of carbonyl (C=O) groups is 1. The van der Waals surface area contributed by atoms with Gasteiger partial charge in [-0.1, -0.05) is 45.7 Å². The number of nitrogens with one attached hydrogen (secondary N) is 1. The maximum atomic E-state index is 12.1. The highest BCUT2D eigenvalue weighted by Gasteiger charge is 2.10. The van der Waals surface area contributed by atoms with Crippen LogP contribution in [0.1, 0.15) is 0 Å². The highest BCUT2D eigenvalue weighted by atomic mass is 79.9. The molecular formula is C17H12BrClN2OS2. The van der Waals surface area contributed by atoms with Crippen LogP contribution < -0.4 is 5.32 Å². The number of thioether (sulfide) groups is 1. The molecule has 0 aliphatic rings. The zero-order valence-corrected chi connectivity index (χ0v) is 16.3. The predicted octanol–water partition coefficient (Wildman–Crippen LogP) is 5.96. The first kappa shape index (κ1) is 17.5. The standard InChI is InChI=1S/C17H12BrClN2OS2/c18-11-5-7-12(8-6-11)23-10-16(22)21-17-20-15(9-24-17)13-3-1-2-4-14(13)19/h1-9H,10H2,(H,20,21,22). The fourth-order valence-corrected chi connectivity index (χ4v) is 3.88. The van der Waals surface area contributed by atoms with Gasteiger partial charge in [0, 0.05) is 25.3 Å². The first-order valence-corrected chi connectivity index (χ1v) is 10.0. The van der Waals surface area contributed by atoms with E-state index in [0.29, 0.717) is 15.9 Å². The van der Waals surface area contributed by atoms with Crippen LogP contribution in [0.2, 0.25) is 5.02 Å². The van der Waals surface area contributed by atoms with E-state index in [0.717, 1.165) is 20.6 Å². The van der Waals surface area contributed by atoms with Gasteiger partial charge in [-0.2, -0.15) is 0 Å². The second-order valence-electron chi connectivity index (χ2n) is 4.81. The molecule has 24 heavy (non-hydrogen) atoms. The normalized spacial score (nSPS) is 10.6. The minimum atomic E-state index is -0.0806. The Morgan fingerprint density at radius 3 is 2.71 bits per heavy atom. The van der Waals surface area contributed by atoms with Crippen molar-refractivity contribution in [1.82, 2.24) is 4.98 Å². The molecule has 2 aromatic carbocycles. The molecule has 3 aromatic rings. The molecule has 122 valence electrons. The maximum absolute atomic E-state index is 12.1. The molecular weight excluding hydrogens is 428 g/mol. The van der Waals surface area contributed by atoms with Crippen LogP contribution in [0, 0.1) is 0 Å². The van der Waals surface area contributed by atoms with Crippen LogP contribution in [-0.4, -0.2) is 16.6 Å². The summed E-state index contributed by atoms with van der Waals surface area (Å²) in [5, 5.41) is 5.94. The molecule has 0 radical (unpaired) electrons. The average Bonchev–Trinajstić information content (AvgIpc) is 3.03. The van der Waals surface area contributed by atoms with E-state index >= 15 is 0 Å². The quantitative estimate of drug-likeness (QED) is 0.499. The van der Waals surface area contributed by atoms with E-state index < -0.39 is 0 Å². The number of amides is 1. The highest BCUT2D eigenvalue weighted by molar-refractivity contribution is 9.10. The second kappa shape index (κ2) is 8.16. The summed E-state index contributed by atoms with van der Waals surface area (Å²) in [6, 6.07) is 15.4. The Kier molecular flexibility index (Phi) is 5.94. The number of anilines is 1. The van der Waals surface area contributed by atoms with E-state index in [1.54, 1.807) is 0 Å². The van der Waals surface area contributed by atoms with Crippen molar-refractivity contribution in [3.63, 3.8) is 0 Å². The molecule has 0 spiro atoms. The highest BCUT2D eigenvalue weighted by Crippen LogP contribution is 2.30. The summed E-state index contributed by atoms with van der Waals surface area (Å²) in [5.74, 6) is 0.255. The van der Waals surface area contributed by atoms with Gasteiger partial charge in [-0.15, -0.1) is 23.1 Å². The van der Waals surface area contributed by atoms with Gasteiger partial charge in [0.1, 0.15) is 0 Å². The molecule has 0 unspecified atom stereocenters. The van der Waals surface area contributed by atoms with Crippen molar-refractivity contribution in [2.45, 2.75) is 4.90 Å². The van der Waals surface area contributed by atoms with E-state index in [4.69, 9.17) is 11.6 Å². The summed E-state index contributed by atoms with van der Waals surface area (Å²) >= 11 is 12.4. The number of thiazole rings is 1. The van der Waals surface area contributed by atoms with Crippen molar-refractivity contribution < 1.29 is 4.79 Å². The molecule has 1 aromatic heterocycles. The Balaban J connectivity index is 1.59. The molecule has 1 heterocycles. The summed E-state index contributed by atoms with van der Waals surface area (Å²) in [7, 11) is 0. The summed E-state index contributed by atoms with van der Waals surface area (Å²) in [4.78, 5) is 17.5. The van der Waals surface area contributed by atoms with Crippen LogP contribution in [0.4, 0.5) is 5.13 Å². The largest absolute Gasteiger partial charge is 0.301 e. The zero-order valence-electron chi connectivity index (χ0n) is 12.3. The van der Waals surface area contributed by atoms with E-state index in [2.05, 4.69) is 26.2 Å². The molecule has 3 rings (SSSR count). The fourth-order valence-electron chi connectivity index (χ4n) is 1.96. The molecule has 0 aliphatic carbocycles. The van der Waals surface area contributed by atoms with Crippen molar-refractivity contribution in [2.75, 3.05) is 11.1 Å². The number of benzene rings is 2. The van der Waals surface area contributed by atoms with E-state index in [1.807, 2.05) is 53.9 Å². The third-order valence-corrected chi connectivity index (χ3v) is 5.71. The molecule has 1 amide bonds. The van der Waals surface area contributed by atoms with Crippen LogP contribution >= 0.6 is 50.6 Å². The average molecular weight is 440 g/mol.